The summed E-state index contributed by atoms with van der Waals surface area (Å²) in [5.74, 6) is -1.65. The Morgan fingerprint density at radius 1 is 0.897 bits per heavy atom. The number of rotatable bonds is 6. The predicted octanol–water partition coefficient (Wildman–Crippen LogP) is 4.33. The number of ether oxygens (including phenoxy) is 4. The van der Waals surface area contributed by atoms with Gasteiger partial charge in [0.2, 0.25) is 0 Å². The van der Waals surface area contributed by atoms with E-state index in [0.717, 1.165) is 32.2 Å². The lowest BCUT2D eigenvalue weighted by molar-refractivity contribution is -0.109. The van der Waals surface area contributed by atoms with Crippen LogP contribution in [0.5, 0.6) is 0 Å². The minimum Gasteiger partial charge on any atom is -0.465 e. The summed E-state index contributed by atoms with van der Waals surface area (Å²) in [7, 11) is 2.49. The molecule has 0 unspecified atom stereocenters. The number of carbonyl (C=O) groups is 3. The molecule has 2 aliphatic heterocycles. The van der Waals surface area contributed by atoms with Gasteiger partial charge < -0.3 is 23.8 Å². The molecular weight excluding hydrogens is 507 g/mol. The fraction of sp³-hybridized carbons (Fsp3) is 0.690. The maximum atomic E-state index is 15.4. The van der Waals surface area contributed by atoms with Gasteiger partial charge in [0, 0.05) is 31.6 Å². The lowest BCUT2D eigenvalue weighted by Crippen LogP contribution is -2.54. The summed E-state index contributed by atoms with van der Waals surface area (Å²) < 4.78 is 36.7. The number of hydrogen-bond acceptors (Lipinski definition) is 8. The largest absolute Gasteiger partial charge is 0.465 e. The predicted molar refractivity (Wildman–Crippen MR) is 142 cm³/mol. The molecule has 2 heterocycles. The molecule has 39 heavy (non-hydrogen) atoms. The van der Waals surface area contributed by atoms with Crippen molar-refractivity contribution in [2.75, 3.05) is 40.4 Å². The highest BCUT2D eigenvalue weighted by Crippen LogP contribution is 2.37. The van der Waals surface area contributed by atoms with Gasteiger partial charge in [-0.25, -0.2) is 18.8 Å². The molecule has 1 amide bonds. The van der Waals surface area contributed by atoms with Crippen LogP contribution >= 0.6 is 0 Å². The summed E-state index contributed by atoms with van der Waals surface area (Å²) in [6.45, 7) is 7.94. The number of amides is 1. The number of hydrogen-bond donors (Lipinski definition) is 0. The van der Waals surface area contributed by atoms with Crippen molar-refractivity contribution in [3.8, 4) is 0 Å². The first-order valence-electron chi connectivity index (χ1n) is 13.8. The molecule has 1 saturated carbocycles. The van der Waals surface area contributed by atoms with E-state index in [1.54, 1.807) is 17.0 Å². The lowest BCUT2D eigenvalue weighted by Gasteiger charge is -2.47. The van der Waals surface area contributed by atoms with Crippen molar-refractivity contribution >= 4 is 18.0 Å². The van der Waals surface area contributed by atoms with Crippen molar-refractivity contribution in [3.05, 3.63) is 34.9 Å². The number of esters is 2. The molecule has 3 aliphatic rings. The third kappa shape index (κ3) is 7.08. The van der Waals surface area contributed by atoms with Crippen LogP contribution in [0.4, 0.5) is 9.18 Å². The van der Waals surface area contributed by atoms with E-state index < -0.39 is 23.7 Å². The Labute approximate surface area is 229 Å². The van der Waals surface area contributed by atoms with E-state index in [2.05, 4.69) is 4.90 Å². The quantitative estimate of drug-likeness (QED) is 0.383. The number of halogens is 1. The molecular formula is C29H41FN2O7. The molecule has 2 atom stereocenters. The molecule has 0 N–H and O–H groups in total. The average molecular weight is 549 g/mol. The molecule has 0 bridgehead atoms. The first kappa shape index (κ1) is 29.3. The van der Waals surface area contributed by atoms with E-state index in [1.807, 2.05) is 20.8 Å². The van der Waals surface area contributed by atoms with E-state index in [0.29, 0.717) is 37.7 Å². The van der Waals surface area contributed by atoms with Crippen LogP contribution in [0.2, 0.25) is 0 Å². The highest BCUT2D eigenvalue weighted by molar-refractivity contribution is 6.03. The maximum Gasteiger partial charge on any atom is 0.410 e. The van der Waals surface area contributed by atoms with Gasteiger partial charge in [-0.1, -0.05) is 6.07 Å². The molecule has 1 aliphatic carbocycles. The van der Waals surface area contributed by atoms with Gasteiger partial charge in [0.25, 0.3) is 0 Å². The van der Waals surface area contributed by atoms with Gasteiger partial charge in [0.05, 0.1) is 37.6 Å². The Hall–Kier alpha value is -2.72. The maximum absolute atomic E-state index is 15.4. The zero-order chi connectivity index (χ0) is 28.3. The van der Waals surface area contributed by atoms with Crippen molar-refractivity contribution in [3.63, 3.8) is 0 Å². The Bertz CT molecular complexity index is 1040. The number of piperidine rings is 2. The smallest absolute Gasteiger partial charge is 0.410 e. The summed E-state index contributed by atoms with van der Waals surface area (Å²) in [6, 6.07) is 5.07. The zero-order valence-electron chi connectivity index (χ0n) is 23.6. The molecule has 1 aromatic carbocycles. The van der Waals surface area contributed by atoms with Gasteiger partial charge in [-0.05, 0) is 77.1 Å². The van der Waals surface area contributed by atoms with Crippen LogP contribution in [0.25, 0.3) is 0 Å². The van der Waals surface area contributed by atoms with Crippen molar-refractivity contribution in [2.24, 2.45) is 0 Å². The standard InChI is InChI=1S/C29H41FN2O7/c1-29(2,3)39-28(35)31-11-8-20(9-12-31)38-21-15-19(16-21)32-13-10-22(25(30)17-32)18-6-7-23(26(33)36-4)24(14-18)27(34)37-5/h6-7,14,19-22,25H,8-13,15-17H2,1-5H3/t19?,21?,22-,25-/m1/s1. The third-order valence-corrected chi connectivity index (χ3v) is 7.92. The van der Waals surface area contributed by atoms with Gasteiger partial charge in [0.1, 0.15) is 11.8 Å². The molecule has 4 rings (SSSR count). The first-order chi connectivity index (χ1) is 18.5. The molecule has 1 aromatic rings. The Kier molecular flexibility index (Phi) is 9.16. The Morgan fingerprint density at radius 2 is 1.54 bits per heavy atom. The molecule has 10 heteroatoms. The Morgan fingerprint density at radius 3 is 2.13 bits per heavy atom. The van der Waals surface area contributed by atoms with Gasteiger partial charge in [-0.15, -0.1) is 0 Å². The number of alkyl halides is 1. The number of carbonyl (C=O) groups excluding carboxylic acids is 3. The number of methoxy groups -OCH3 is 2. The highest BCUT2D eigenvalue weighted by atomic mass is 19.1. The Balaban J connectivity index is 1.24. The van der Waals surface area contributed by atoms with Crippen molar-refractivity contribution in [1.82, 2.24) is 9.80 Å². The van der Waals surface area contributed by atoms with Crippen LogP contribution in [0, 0.1) is 0 Å². The minimum absolute atomic E-state index is 0.0902. The lowest BCUT2D eigenvalue weighted by atomic mass is 9.82. The van der Waals surface area contributed by atoms with E-state index in [1.165, 1.54) is 20.3 Å². The first-order valence-corrected chi connectivity index (χ1v) is 13.8. The summed E-state index contributed by atoms with van der Waals surface area (Å²) in [6.07, 6.45) is 2.89. The number of benzene rings is 1. The van der Waals surface area contributed by atoms with Crippen molar-refractivity contribution in [1.29, 1.82) is 0 Å². The molecule has 9 nitrogen and oxygen atoms in total. The monoisotopic (exact) mass is 548 g/mol. The van der Waals surface area contributed by atoms with Gasteiger partial charge in [-0.3, -0.25) is 4.90 Å². The average Bonchev–Trinajstić information content (AvgIpc) is 2.88. The second-order valence-electron chi connectivity index (χ2n) is 11.7. The van der Waals surface area contributed by atoms with E-state index >= 15 is 4.39 Å². The van der Waals surface area contributed by atoms with Crippen molar-refractivity contribution < 1.29 is 37.7 Å². The van der Waals surface area contributed by atoms with E-state index in [4.69, 9.17) is 18.9 Å². The number of likely N-dealkylation sites (tertiary alicyclic amines) is 2. The SMILES string of the molecule is COC(=O)c1ccc([C@H]2CCN(C3CC(OC4CCN(C(=O)OC(C)(C)C)CC4)C3)C[C@H]2F)cc1C(=O)OC. The fourth-order valence-electron chi connectivity index (χ4n) is 5.71. The fourth-order valence-corrected chi connectivity index (χ4v) is 5.71. The van der Waals surface area contributed by atoms with Crippen LogP contribution in [-0.2, 0) is 18.9 Å². The van der Waals surface area contributed by atoms with Crippen LogP contribution < -0.4 is 0 Å². The second kappa shape index (κ2) is 12.2. The summed E-state index contributed by atoms with van der Waals surface area (Å²) in [4.78, 5) is 40.5. The van der Waals surface area contributed by atoms with Crippen LogP contribution in [0.3, 0.4) is 0 Å². The van der Waals surface area contributed by atoms with Crippen molar-refractivity contribution in [2.45, 2.75) is 88.8 Å². The highest BCUT2D eigenvalue weighted by Gasteiger charge is 2.41. The van der Waals surface area contributed by atoms with E-state index in [9.17, 15) is 14.4 Å². The number of nitrogens with zero attached hydrogens (tertiary/aromatic N) is 2. The summed E-state index contributed by atoms with van der Waals surface area (Å²) >= 11 is 0. The molecule has 2 saturated heterocycles. The van der Waals surface area contributed by atoms with E-state index in [-0.39, 0.29) is 35.3 Å². The molecule has 3 fully saturated rings. The second-order valence-corrected chi connectivity index (χ2v) is 11.7. The van der Waals surface area contributed by atoms with Crippen LogP contribution in [0.15, 0.2) is 18.2 Å². The normalized spacial score (nSPS) is 26.5. The summed E-state index contributed by atoms with van der Waals surface area (Å²) in [5, 5.41) is 0. The van der Waals surface area contributed by atoms with Crippen LogP contribution in [-0.4, -0.2) is 98.3 Å². The topological polar surface area (TPSA) is 94.6 Å². The molecule has 0 radical (unpaired) electrons. The van der Waals surface area contributed by atoms with Gasteiger partial charge in [0.15, 0.2) is 0 Å². The zero-order valence-corrected chi connectivity index (χ0v) is 23.6. The third-order valence-electron chi connectivity index (χ3n) is 7.92. The summed E-state index contributed by atoms with van der Waals surface area (Å²) in [5.41, 5.74) is 0.381. The minimum atomic E-state index is -1.09. The molecule has 0 spiro atoms. The van der Waals surface area contributed by atoms with Gasteiger partial charge >= 0.3 is 18.0 Å². The van der Waals surface area contributed by atoms with Crippen LogP contribution in [0.1, 0.15) is 85.1 Å². The molecule has 216 valence electrons. The van der Waals surface area contributed by atoms with Gasteiger partial charge in [-0.2, -0.15) is 0 Å². The molecule has 0 aromatic heterocycles.